The van der Waals surface area contributed by atoms with Crippen molar-refractivity contribution in [1.29, 1.82) is 0 Å². The van der Waals surface area contributed by atoms with Gasteiger partial charge in [0.05, 0.1) is 23.9 Å². The number of anilines is 1. The van der Waals surface area contributed by atoms with Gasteiger partial charge in [-0.25, -0.2) is 9.97 Å². The standard InChI is InChI=1S/C15H17N5O/c1-10-4-5-20(12(7-10)13-3-2-6-21-13)15-11-8-18-19-14(11)16-9-17-15/h2-3,6,8-10,12H,4-5,7H2,1H3,(H,16,17,18,19)/t10-,12-/m0/s1. The lowest BCUT2D eigenvalue weighted by atomic mass is 9.91. The van der Waals surface area contributed by atoms with Gasteiger partial charge in [-0.3, -0.25) is 5.10 Å². The van der Waals surface area contributed by atoms with Crippen LogP contribution in [-0.4, -0.2) is 26.7 Å². The average molecular weight is 283 g/mol. The summed E-state index contributed by atoms with van der Waals surface area (Å²) < 4.78 is 5.66. The number of furan rings is 1. The first-order chi connectivity index (χ1) is 10.3. The molecular weight excluding hydrogens is 266 g/mol. The number of nitrogens with one attached hydrogen (secondary N) is 1. The molecular formula is C15H17N5O. The van der Waals surface area contributed by atoms with Gasteiger partial charge < -0.3 is 9.32 Å². The van der Waals surface area contributed by atoms with Gasteiger partial charge in [-0.1, -0.05) is 6.92 Å². The third-order valence-corrected chi connectivity index (χ3v) is 4.24. The largest absolute Gasteiger partial charge is 0.467 e. The van der Waals surface area contributed by atoms with Gasteiger partial charge in [-0.05, 0) is 30.9 Å². The molecule has 0 radical (unpaired) electrons. The van der Waals surface area contributed by atoms with E-state index in [2.05, 4.69) is 32.0 Å². The molecule has 3 aromatic heterocycles. The Kier molecular flexibility index (Phi) is 2.87. The first-order valence-corrected chi connectivity index (χ1v) is 7.27. The number of aromatic amines is 1. The highest BCUT2D eigenvalue weighted by molar-refractivity contribution is 5.86. The Balaban J connectivity index is 1.79. The maximum atomic E-state index is 5.66. The molecule has 0 aromatic carbocycles. The Morgan fingerprint density at radius 1 is 1.38 bits per heavy atom. The minimum atomic E-state index is 0.219. The Bertz CT molecular complexity index is 735. The number of aromatic nitrogens is 4. The molecule has 0 bridgehead atoms. The van der Waals surface area contributed by atoms with E-state index in [1.165, 1.54) is 0 Å². The molecule has 0 aliphatic carbocycles. The van der Waals surface area contributed by atoms with Gasteiger partial charge in [0.15, 0.2) is 5.65 Å². The van der Waals surface area contributed by atoms with Crippen LogP contribution in [0.15, 0.2) is 35.3 Å². The van der Waals surface area contributed by atoms with Crippen LogP contribution in [0.4, 0.5) is 5.82 Å². The summed E-state index contributed by atoms with van der Waals surface area (Å²) in [6.07, 6.45) is 7.34. The smallest absolute Gasteiger partial charge is 0.160 e. The van der Waals surface area contributed by atoms with Crippen LogP contribution in [0.2, 0.25) is 0 Å². The molecule has 0 amide bonds. The quantitative estimate of drug-likeness (QED) is 0.783. The van der Waals surface area contributed by atoms with Crippen molar-refractivity contribution in [3.63, 3.8) is 0 Å². The van der Waals surface area contributed by atoms with Crippen molar-refractivity contribution in [1.82, 2.24) is 20.2 Å². The molecule has 2 atom stereocenters. The molecule has 4 heterocycles. The third-order valence-electron chi connectivity index (χ3n) is 4.24. The third kappa shape index (κ3) is 2.07. The highest BCUT2D eigenvalue weighted by Gasteiger charge is 2.31. The van der Waals surface area contributed by atoms with E-state index >= 15 is 0 Å². The van der Waals surface area contributed by atoms with E-state index in [-0.39, 0.29) is 6.04 Å². The average Bonchev–Trinajstić information content (AvgIpc) is 3.18. The van der Waals surface area contributed by atoms with Crippen LogP contribution in [0.1, 0.15) is 31.6 Å². The molecule has 1 saturated heterocycles. The van der Waals surface area contributed by atoms with E-state index < -0.39 is 0 Å². The van der Waals surface area contributed by atoms with Crippen molar-refractivity contribution < 1.29 is 4.42 Å². The number of rotatable bonds is 2. The van der Waals surface area contributed by atoms with E-state index in [9.17, 15) is 0 Å². The van der Waals surface area contributed by atoms with Crippen molar-refractivity contribution in [2.24, 2.45) is 5.92 Å². The lowest BCUT2D eigenvalue weighted by Crippen LogP contribution is -2.36. The van der Waals surface area contributed by atoms with Crippen molar-refractivity contribution in [3.8, 4) is 0 Å². The Labute approximate surface area is 122 Å². The van der Waals surface area contributed by atoms with Gasteiger partial charge in [-0.2, -0.15) is 5.10 Å². The second-order valence-electron chi connectivity index (χ2n) is 5.68. The summed E-state index contributed by atoms with van der Waals surface area (Å²) in [6, 6.07) is 4.21. The Hall–Kier alpha value is -2.37. The molecule has 0 unspecified atom stereocenters. The van der Waals surface area contributed by atoms with Gasteiger partial charge in [0.2, 0.25) is 0 Å². The van der Waals surface area contributed by atoms with E-state index in [0.717, 1.165) is 42.0 Å². The molecule has 21 heavy (non-hydrogen) atoms. The molecule has 4 rings (SSSR count). The molecule has 6 heteroatoms. The van der Waals surface area contributed by atoms with Crippen LogP contribution >= 0.6 is 0 Å². The van der Waals surface area contributed by atoms with E-state index in [1.54, 1.807) is 18.8 Å². The van der Waals surface area contributed by atoms with Crippen LogP contribution in [0.25, 0.3) is 11.0 Å². The molecule has 0 spiro atoms. The van der Waals surface area contributed by atoms with Gasteiger partial charge in [0.25, 0.3) is 0 Å². The molecule has 1 aliphatic rings. The number of hydrogen-bond donors (Lipinski definition) is 1. The molecule has 1 fully saturated rings. The SMILES string of the molecule is C[C@H]1CCN(c2ncnc3[nH]ncc23)[C@H](c2ccco2)C1. The highest BCUT2D eigenvalue weighted by atomic mass is 16.3. The fraction of sp³-hybridized carbons (Fsp3) is 0.400. The summed E-state index contributed by atoms with van der Waals surface area (Å²) in [7, 11) is 0. The molecule has 0 saturated carbocycles. The fourth-order valence-electron chi connectivity index (χ4n) is 3.13. The van der Waals surface area contributed by atoms with Gasteiger partial charge in [-0.15, -0.1) is 0 Å². The summed E-state index contributed by atoms with van der Waals surface area (Å²) in [5.41, 5.74) is 0.775. The second kappa shape index (κ2) is 4.87. The number of nitrogens with zero attached hydrogens (tertiary/aromatic N) is 4. The number of piperidine rings is 1. The monoisotopic (exact) mass is 283 g/mol. The molecule has 108 valence electrons. The van der Waals surface area contributed by atoms with Crippen molar-refractivity contribution in [2.45, 2.75) is 25.8 Å². The van der Waals surface area contributed by atoms with Gasteiger partial charge >= 0.3 is 0 Å². The van der Waals surface area contributed by atoms with Gasteiger partial charge in [0, 0.05) is 6.54 Å². The Morgan fingerprint density at radius 2 is 2.33 bits per heavy atom. The summed E-state index contributed by atoms with van der Waals surface area (Å²) in [5, 5.41) is 7.95. The topological polar surface area (TPSA) is 70.8 Å². The fourth-order valence-corrected chi connectivity index (χ4v) is 3.13. The normalized spacial score (nSPS) is 22.8. The van der Waals surface area contributed by atoms with Crippen molar-refractivity contribution >= 4 is 16.9 Å². The first-order valence-electron chi connectivity index (χ1n) is 7.27. The summed E-state index contributed by atoms with van der Waals surface area (Å²) >= 11 is 0. The van der Waals surface area contributed by atoms with E-state index in [1.807, 2.05) is 12.1 Å². The maximum absolute atomic E-state index is 5.66. The lowest BCUT2D eigenvalue weighted by Gasteiger charge is -2.38. The van der Waals surface area contributed by atoms with Crippen molar-refractivity contribution in [2.75, 3.05) is 11.4 Å². The minimum absolute atomic E-state index is 0.219. The number of fused-ring (bicyclic) bond motifs is 1. The lowest BCUT2D eigenvalue weighted by molar-refractivity contribution is 0.327. The summed E-state index contributed by atoms with van der Waals surface area (Å²) in [5.74, 6) is 2.61. The molecule has 6 nitrogen and oxygen atoms in total. The predicted octanol–water partition coefficient (Wildman–Crippen LogP) is 2.92. The zero-order valence-corrected chi connectivity index (χ0v) is 11.9. The van der Waals surface area contributed by atoms with Crippen LogP contribution in [-0.2, 0) is 0 Å². The van der Waals surface area contributed by atoms with Crippen LogP contribution in [0, 0.1) is 5.92 Å². The van der Waals surface area contributed by atoms with Crippen molar-refractivity contribution in [3.05, 3.63) is 36.7 Å². The predicted molar refractivity (Wildman–Crippen MR) is 78.9 cm³/mol. The number of hydrogen-bond acceptors (Lipinski definition) is 5. The van der Waals surface area contributed by atoms with E-state index in [0.29, 0.717) is 5.92 Å². The molecule has 3 aromatic rings. The Morgan fingerprint density at radius 3 is 3.19 bits per heavy atom. The highest BCUT2D eigenvalue weighted by Crippen LogP contribution is 2.38. The zero-order chi connectivity index (χ0) is 14.2. The molecule has 1 N–H and O–H groups in total. The van der Waals surface area contributed by atoms with E-state index in [4.69, 9.17) is 4.42 Å². The molecule has 1 aliphatic heterocycles. The number of H-pyrrole nitrogens is 1. The maximum Gasteiger partial charge on any atom is 0.160 e. The van der Waals surface area contributed by atoms with Crippen LogP contribution < -0.4 is 4.90 Å². The zero-order valence-electron chi connectivity index (χ0n) is 11.9. The van der Waals surface area contributed by atoms with Crippen LogP contribution in [0.3, 0.4) is 0 Å². The second-order valence-corrected chi connectivity index (χ2v) is 5.68. The summed E-state index contributed by atoms with van der Waals surface area (Å²) in [4.78, 5) is 11.0. The summed E-state index contributed by atoms with van der Waals surface area (Å²) in [6.45, 7) is 3.25. The minimum Gasteiger partial charge on any atom is -0.467 e. The first kappa shape index (κ1) is 12.4. The van der Waals surface area contributed by atoms with Crippen LogP contribution in [0.5, 0.6) is 0 Å². The van der Waals surface area contributed by atoms with Gasteiger partial charge in [0.1, 0.15) is 17.9 Å².